The molecular weight excluding hydrogens is 190 g/mol. The number of rotatable bonds is 4. The van der Waals surface area contributed by atoms with E-state index in [9.17, 15) is 9.90 Å². The molecule has 1 N–H and O–H groups in total. The summed E-state index contributed by atoms with van der Waals surface area (Å²) < 4.78 is 0. The smallest absolute Gasteiger partial charge is 0.135 e. The van der Waals surface area contributed by atoms with E-state index in [0.717, 1.165) is 25.9 Å². The van der Waals surface area contributed by atoms with Crippen LogP contribution in [0.3, 0.4) is 0 Å². The first-order valence-electron chi connectivity index (χ1n) is 5.95. The second-order valence-corrected chi connectivity index (χ2v) is 4.92. The van der Waals surface area contributed by atoms with Crippen LogP contribution in [0.5, 0.6) is 0 Å². The Labute approximate surface area is 92.5 Å². The minimum Gasteiger partial charge on any atom is -0.389 e. The zero-order chi connectivity index (χ0) is 11.5. The molecule has 0 bridgehead atoms. The van der Waals surface area contributed by atoms with Crippen molar-refractivity contribution < 1.29 is 9.90 Å². The van der Waals surface area contributed by atoms with E-state index < -0.39 is 5.60 Å². The zero-order valence-electron chi connectivity index (χ0n) is 10.1. The van der Waals surface area contributed by atoms with Crippen molar-refractivity contribution in [1.82, 2.24) is 4.90 Å². The molecule has 0 radical (unpaired) electrons. The third kappa shape index (κ3) is 3.58. The number of aliphatic hydroxyl groups is 1. The lowest BCUT2D eigenvalue weighted by molar-refractivity contribution is -0.126. The number of nitrogens with zero attached hydrogens (tertiary/aromatic N) is 1. The van der Waals surface area contributed by atoms with Gasteiger partial charge in [0.2, 0.25) is 0 Å². The van der Waals surface area contributed by atoms with Gasteiger partial charge in [0.1, 0.15) is 5.78 Å². The van der Waals surface area contributed by atoms with Crippen molar-refractivity contribution in [2.24, 2.45) is 0 Å². The Hall–Kier alpha value is -0.410. The lowest BCUT2D eigenvalue weighted by Gasteiger charge is -2.39. The van der Waals surface area contributed by atoms with E-state index in [0.29, 0.717) is 18.9 Å². The fourth-order valence-electron chi connectivity index (χ4n) is 2.13. The van der Waals surface area contributed by atoms with Crippen molar-refractivity contribution in [2.45, 2.75) is 58.1 Å². The summed E-state index contributed by atoms with van der Waals surface area (Å²) in [6.45, 7) is 8.01. The van der Waals surface area contributed by atoms with Gasteiger partial charge >= 0.3 is 0 Å². The molecule has 1 fully saturated rings. The summed E-state index contributed by atoms with van der Waals surface area (Å²) in [6.07, 6.45) is 2.35. The number of carbonyl (C=O) groups is 1. The number of hydrogen-bond donors (Lipinski definition) is 1. The quantitative estimate of drug-likeness (QED) is 0.771. The van der Waals surface area contributed by atoms with Crippen LogP contribution in [-0.2, 0) is 4.79 Å². The molecule has 0 spiro atoms. The van der Waals surface area contributed by atoms with Crippen molar-refractivity contribution in [3.63, 3.8) is 0 Å². The first kappa shape index (κ1) is 12.7. The van der Waals surface area contributed by atoms with Crippen LogP contribution in [0.4, 0.5) is 0 Å². The summed E-state index contributed by atoms with van der Waals surface area (Å²) in [4.78, 5) is 13.7. The first-order chi connectivity index (χ1) is 6.97. The Bertz CT molecular complexity index is 218. The van der Waals surface area contributed by atoms with Gasteiger partial charge in [-0.15, -0.1) is 0 Å². The minimum atomic E-state index is -0.724. The molecule has 0 aromatic rings. The molecule has 0 aromatic heterocycles. The summed E-state index contributed by atoms with van der Waals surface area (Å²) >= 11 is 0. The lowest BCUT2D eigenvalue weighted by atomic mass is 9.86. The van der Waals surface area contributed by atoms with Crippen molar-refractivity contribution >= 4 is 5.78 Å². The standard InChI is InChI=1S/C12H23NO2/c1-4-11(14)9-12(15)5-7-13(8-6-12)10(2)3/h10,15H,4-9H2,1-3H3. The predicted octanol–water partition coefficient (Wildman–Crippen LogP) is 1.59. The molecule has 0 atom stereocenters. The van der Waals surface area contributed by atoms with Gasteiger partial charge in [0, 0.05) is 32.0 Å². The topological polar surface area (TPSA) is 40.5 Å². The highest BCUT2D eigenvalue weighted by atomic mass is 16.3. The van der Waals surface area contributed by atoms with Gasteiger partial charge in [-0.1, -0.05) is 6.92 Å². The van der Waals surface area contributed by atoms with E-state index in [1.54, 1.807) is 0 Å². The molecule has 0 aliphatic carbocycles. The third-order valence-electron chi connectivity index (χ3n) is 3.38. The van der Waals surface area contributed by atoms with Crippen LogP contribution in [0.15, 0.2) is 0 Å². The molecule has 1 heterocycles. The normalized spacial score (nSPS) is 21.9. The summed E-state index contributed by atoms with van der Waals surface area (Å²) in [5, 5.41) is 10.2. The van der Waals surface area contributed by atoms with Crippen LogP contribution in [0.1, 0.15) is 46.5 Å². The largest absolute Gasteiger partial charge is 0.389 e. The summed E-state index contributed by atoms with van der Waals surface area (Å²) in [5.41, 5.74) is -0.724. The number of Topliss-reactive ketones (excluding diaryl/α,β-unsaturated/α-hetero) is 1. The van der Waals surface area contributed by atoms with Gasteiger partial charge in [0.25, 0.3) is 0 Å². The molecule has 1 aliphatic heterocycles. The number of hydrogen-bond acceptors (Lipinski definition) is 3. The predicted molar refractivity (Wildman–Crippen MR) is 60.8 cm³/mol. The van der Waals surface area contributed by atoms with E-state index in [4.69, 9.17) is 0 Å². The van der Waals surface area contributed by atoms with Gasteiger partial charge in [-0.2, -0.15) is 0 Å². The highest BCUT2D eigenvalue weighted by molar-refractivity contribution is 5.79. The minimum absolute atomic E-state index is 0.176. The van der Waals surface area contributed by atoms with Crippen molar-refractivity contribution in [3.8, 4) is 0 Å². The van der Waals surface area contributed by atoms with E-state index >= 15 is 0 Å². The maximum atomic E-state index is 11.3. The van der Waals surface area contributed by atoms with E-state index in [1.807, 2.05) is 6.92 Å². The fraction of sp³-hybridized carbons (Fsp3) is 0.917. The first-order valence-corrected chi connectivity index (χ1v) is 5.95. The Kier molecular flexibility index (Phi) is 4.29. The maximum absolute atomic E-state index is 11.3. The Morgan fingerprint density at radius 2 is 1.93 bits per heavy atom. The van der Waals surface area contributed by atoms with Crippen LogP contribution in [0.25, 0.3) is 0 Å². The van der Waals surface area contributed by atoms with Gasteiger partial charge in [0.05, 0.1) is 5.60 Å². The van der Waals surface area contributed by atoms with E-state index in [1.165, 1.54) is 0 Å². The SMILES string of the molecule is CCC(=O)CC1(O)CCN(C(C)C)CC1. The molecule has 15 heavy (non-hydrogen) atoms. The number of carbonyl (C=O) groups excluding carboxylic acids is 1. The summed E-state index contributed by atoms with van der Waals surface area (Å²) in [5.74, 6) is 0.176. The van der Waals surface area contributed by atoms with Crippen LogP contribution < -0.4 is 0 Å². The third-order valence-corrected chi connectivity index (χ3v) is 3.38. The zero-order valence-corrected chi connectivity index (χ0v) is 10.1. The number of ketones is 1. The Balaban J connectivity index is 2.44. The second-order valence-electron chi connectivity index (χ2n) is 4.92. The molecule has 0 aromatic carbocycles. The number of piperidine rings is 1. The average molecular weight is 213 g/mol. The molecule has 1 aliphatic rings. The van der Waals surface area contributed by atoms with Crippen LogP contribution in [-0.4, -0.2) is 40.5 Å². The monoisotopic (exact) mass is 213 g/mol. The average Bonchev–Trinajstić information content (AvgIpc) is 2.17. The fourth-order valence-corrected chi connectivity index (χ4v) is 2.13. The highest BCUT2D eigenvalue weighted by Gasteiger charge is 2.34. The van der Waals surface area contributed by atoms with Gasteiger partial charge in [0.15, 0.2) is 0 Å². The molecule has 0 amide bonds. The summed E-state index contributed by atoms with van der Waals surface area (Å²) in [6, 6.07) is 0.538. The molecular formula is C12H23NO2. The van der Waals surface area contributed by atoms with Gasteiger partial charge < -0.3 is 10.0 Å². The molecule has 1 rings (SSSR count). The summed E-state index contributed by atoms with van der Waals surface area (Å²) in [7, 11) is 0. The highest BCUT2D eigenvalue weighted by Crippen LogP contribution is 2.27. The molecule has 1 saturated heterocycles. The lowest BCUT2D eigenvalue weighted by Crippen LogP contribution is -2.47. The van der Waals surface area contributed by atoms with Crippen LogP contribution in [0.2, 0.25) is 0 Å². The molecule has 0 saturated carbocycles. The van der Waals surface area contributed by atoms with Crippen molar-refractivity contribution in [3.05, 3.63) is 0 Å². The van der Waals surface area contributed by atoms with Crippen LogP contribution >= 0.6 is 0 Å². The van der Waals surface area contributed by atoms with E-state index in [2.05, 4.69) is 18.7 Å². The molecule has 88 valence electrons. The van der Waals surface area contributed by atoms with Crippen LogP contribution in [0, 0.1) is 0 Å². The van der Waals surface area contributed by atoms with Crippen molar-refractivity contribution in [2.75, 3.05) is 13.1 Å². The maximum Gasteiger partial charge on any atom is 0.135 e. The molecule has 0 unspecified atom stereocenters. The van der Waals surface area contributed by atoms with Crippen molar-refractivity contribution in [1.29, 1.82) is 0 Å². The second kappa shape index (κ2) is 5.08. The van der Waals surface area contributed by atoms with Gasteiger partial charge in [-0.05, 0) is 26.7 Å². The van der Waals surface area contributed by atoms with Gasteiger partial charge in [-0.25, -0.2) is 0 Å². The Morgan fingerprint density at radius 3 is 2.33 bits per heavy atom. The van der Waals surface area contributed by atoms with Gasteiger partial charge in [-0.3, -0.25) is 4.79 Å². The number of likely N-dealkylation sites (tertiary alicyclic amines) is 1. The van der Waals surface area contributed by atoms with E-state index in [-0.39, 0.29) is 5.78 Å². The Morgan fingerprint density at radius 1 is 1.40 bits per heavy atom. The molecule has 3 nitrogen and oxygen atoms in total. The molecule has 3 heteroatoms.